The second-order valence-corrected chi connectivity index (χ2v) is 9.95. The normalized spacial score (nSPS) is 11.9. The van der Waals surface area contributed by atoms with Gasteiger partial charge in [0.05, 0.1) is 39.4 Å². The summed E-state index contributed by atoms with van der Waals surface area (Å²) in [6.07, 6.45) is 0. The van der Waals surface area contributed by atoms with Crippen LogP contribution in [0.25, 0.3) is 56.3 Å². The lowest BCUT2D eigenvalue weighted by Gasteiger charge is -2.32. The Balaban J connectivity index is 1.38. The molecule has 41 heavy (non-hydrogen) atoms. The summed E-state index contributed by atoms with van der Waals surface area (Å²) < 4.78 is 0. The molecule has 5 aromatic carbocycles. The first-order valence-electron chi connectivity index (χ1n) is 13.6. The number of aromatic nitrogens is 4. The van der Waals surface area contributed by atoms with Crippen LogP contribution in [0.4, 0.5) is 17.1 Å². The van der Waals surface area contributed by atoms with E-state index in [1.807, 2.05) is 54.6 Å². The van der Waals surface area contributed by atoms with Gasteiger partial charge in [-0.05, 0) is 36.4 Å². The maximum atomic E-state index is 5.18. The van der Waals surface area contributed by atoms with Crippen molar-refractivity contribution in [2.75, 3.05) is 4.90 Å². The molecule has 1 aliphatic heterocycles. The first-order chi connectivity index (χ1) is 20.3. The average Bonchev–Trinajstić information content (AvgIpc) is 3.06. The summed E-state index contributed by atoms with van der Waals surface area (Å²) in [5.74, 6) is 0.999. The summed E-state index contributed by atoms with van der Waals surface area (Å²) in [5.41, 5.74) is 9.70. The van der Waals surface area contributed by atoms with Crippen LogP contribution in [-0.2, 0) is 0 Å². The lowest BCUT2D eigenvalue weighted by Crippen LogP contribution is -2.16. The summed E-state index contributed by atoms with van der Waals surface area (Å²) in [6.45, 7) is 0. The van der Waals surface area contributed by atoms with E-state index in [1.54, 1.807) is 0 Å². The van der Waals surface area contributed by atoms with Gasteiger partial charge in [0.15, 0.2) is 11.6 Å². The highest BCUT2D eigenvalue weighted by Gasteiger charge is 2.28. The monoisotopic (exact) mass is 525 g/mol. The topological polar surface area (TPSA) is 54.8 Å². The Hall–Kier alpha value is -5.68. The SMILES string of the molecule is c1ccc(-c2cc(-c3ccccc3)nc(-c3nc4c5c(cccc5n3)N(c3ccccc3)c3ccccc3-4)n2)cc1. The van der Waals surface area contributed by atoms with Gasteiger partial charge in [-0.3, -0.25) is 0 Å². The number of para-hydroxylation sites is 2. The molecule has 0 aliphatic carbocycles. The fourth-order valence-corrected chi connectivity index (χ4v) is 5.56. The molecular weight excluding hydrogens is 502 g/mol. The van der Waals surface area contributed by atoms with Gasteiger partial charge in [-0.15, -0.1) is 0 Å². The third-order valence-corrected chi connectivity index (χ3v) is 7.42. The summed E-state index contributed by atoms with van der Waals surface area (Å²) >= 11 is 0. The summed E-state index contributed by atoms with van der Waals surface area (Å²) in [6, 6.07) is 47.4. The molecule has 0 spiro atoms. The third-order valence-electron chi connectivity index (χ3n) is 7.42. The number of hydrogen-bond donors (Lipinski definition) is 0. The Morgan fingerprint density at radius 2 is 1.00 bits per heavy atom. The largest absolute Gasteiger partial charge is 0.309 e. The summed E-state index contributed by atoms with van der Waals surface area (Å²) in [7, 11) is 0. The number of nitrogens with zero attached hydrogens (tertiary/aromatic N) is 5. The first kappa shape index (κ1) is 23.2. The van der Waals surface area contributed by atoms with Gasteiger partial charge in [-0.25, -0.2) is 19.9 Å². The van der Waals surface area contributed by atoms with Gasteiger partial charge >= 0.3 is 0 Å². The molecule has 0 atom stereocenters. The average molecular weight is 526 g/mol. The van der Waals surface area contributed by atoms with Gasteiger partial charge in [-0.2, -0.15) is 0 Å². The van der Waals surface area contributed by atoms with E-state index < -0.39 is 0 Å². The summed E-state index contributed by atoms with van der Waals surface area (Å²) in [5, 5.41) is 1.02. The predicted molar refractivity (Wildman–Crippen MR) is 165 cm³/mol. The van der Waals surface area contributed by atoms with Crippen LogP contribution in [0.15, 0.2) is 140 Å². The van der Waals surface area contributed by atoms with Crippen LogP contribution in [0.2, 0.25) is 0 Å². The van der Waals surface area contributed by atoms with Crippen molar-refractivity contribution in [3.8, 4) is 45.4 Å². The minimum absolute atomic E-state index is 0.497. The van der Waals surface area contributed by atoms with Gasteiger partial charge in [0, 0.05) is 22.4 Å². The molecule has 8 rings (SSSR count). The fourth-order valence-electron chi connectivity index (χ4n) is 5.56. The van der Waals surface area contributed by atoms with Crippen molar-refractivity contribution in [3.63, 3.8) is 0 Å². The number of anilines is 3. The molecule has 3 heterocycles. The highest BCUT2D eigenvalue weighted by molar-refractivity contribution is 6.11. The summed E-state index contributed by atoms with van der Waals surface area (Å²) in [4.78, 5) is 22.5. The second kappa shape index (κ2) is 9.50. The third kappa shape index (κ3) is 3.95. The molecule has 0 bridgehead atoms. The van der Waals surface area contributed by atoms with Crippen molar-refractivity contribution in [1.82, 2.24) is 19.9 Å². The lowest BCUT2D eigenvalue weighted by atomic mass is 9.96. The molecule has 0 amide bonds. The van der Waals surface area contributed by atoms with Crippen molar-refractivity contribution in [3.05, 3.63) is 140 Å². The first-order valence-corrected chi connectivity index (χ1v) is 13.6. The molecule has 5 heteroatoms. The van der Waals surface area contributed by atoms with Gasteiger partial charge in [0.2, 0.25) is 0 Å². The maximum absolute atomic E-state index is 5.18. The van der Waals surface area contributed by atoms with Crippen LogP contribution in [0.1, 0.15) is 0 Å². The lowest BCUT2D eigenvalue weighted by molar-refractivity contribution is 1.10. The van der Waals surface area contributed by atoms with Crippen molar-refractivity contribution < 1.29 is 0 Å². The number of benzene rings is 5. The molecule has 1 aliphatic rings. The molecule has 7 aromatic rings. The molecule has 0 N–H and O–H groups in total. The fraction of sp³-hybridized carbons (Fsp3) is 0. The van der Waals surface area contributed by atoms with Gasteiger partial charge < -0.3 is 4.90 Å². The van der Waals surface area contributed by atoms with E-state index in [-0.39, 0.29) is 0 Å². The highest BCUT2D eigenvalue weighted by Crippen LogP contribution is 2.49. The number of fused-ring (bicyclic) bond motifs is 2. The van der Waals surface area contributed by atoms with E-state index in [9.17, 15) is 0 Å². The van der Waals surface area contributed by atoms with Gasteiger partial charge in [0.25, 0.3) is 0 Å². The molecule has 2 aromatic heterocycles. The molecule has 0 radical (unpaired) electrons. The van der Waals surface area contributed by atoms with Crippen LogP contribution in [0.5, 0.6) is 0 Å². The van der Waals surface area contributed by atoms with Crippen molar-refractivity contribution in [2.24, 2.45) is 0 Å². The van der Waals surface area contributed by atoms with E-state index in [1.165, 1.54) is 0 Å². The molecule has 0 saturated heterocycles. The standard InChI is InChI=1S/C36H23N5/c1-4-13-24(14-5-1)29-23-30(25-15-6-2-7-16-25)39-35(38-29)36-37-28-20-12-22-32-33(28)34(40-36)27-19-10-11-21-31(27)41(32)26-17-8-3-9-18-26/h1-23H. The van der Waals surface area contributed by atoms with Crippen molar-refractivity contribution in [2.45, 2.75) is 0 Å². The Morgan fingerprint density at radius 1 is 0.439 bits per heavy atom. The van der Waals surface area contributed by atoms with Crippen LogP contribution in [-0.4, -0.2) is 19.9 Å². The Morgan fingerprint density at radius 3 is 1.68 bits per heavy atom. The molecule has 0 unspecified atom stereocenters. The van der Waals surface area contributed by atoms with Gasteiger partial charge in [-0.1, -0.05) is 103 Å². The minimum atomic E-state index is 0.497. The molecule has 5 nitrogen and oxygen atoms in total. The Labute approximate surface area is 237 Å². The molecule has 0 fully saturated rings. The maximum Gasteiger partial charge on any atom is 0.198 e. The molecule has 0 saturated carbocycles. The quantitative estimate of drug-likeness (QED) is 0.230. The van der Waals surface area contributed by atoms with E-state index in [0.29, 0.717) is 11.6 Å². The number of hydrogen-bond acceptors (Lipinski definition) is 5. The number of rotatable bonds is 4. The van der Waals surface area contributed by atoms with E-state index in [0.717, 1.165) is 61.7 Å². The van der Waals surface area contributed by atoms with Crippen LogP contribution < -0.4 is 4.90 Å². The zero-order chi connectivity index (χ0) is 27.2. The zero-order valence-electron chi connectivity index (χ0n) is 22.0. The molecule has 192 valence electrons. The second-order valence-electron chi connectivity index (χ2n) is 9.95. The van der Waals surface area contributed by atoms with Crippen LogP contribution >= 0.6 is 0 Å². The highest BCUT2D eigenvalue weighted by atomic mass is 15.2. The predicted octanol–water partition coefficient (Wildman–Crippen LogP) is 8.87. The Kier molecular flexibility index (Phi) is 5.38. The van der Waals surface area contributed by atoms with Crippen molar-refractivity contribution >= 4 is 28.0 Å². The van der Waals surface area contributed by atoms with E-state index in [4.69, 9.17) is 19.9 Å². The minimum Gasteiger partial charge on any atom is -0.309 e. The van der Waals surface area contributed by atoms with E-state index in [2.05, 4.69) is 89.8 Å². The van der Waals surface area contributed by atoms with Crippen molar-refractivity contribution in [1.29, 1.82) is 0 Å². The zero-order valence-corrected chi connectivity index (χ0v) is 22.0. The van der Waals surface area contributed by atoms with Gasteiger partial charge in [0.1, 0.15) is 0 Å². The van der Waals surface area contributed by atoms with E-state index >= 15 is 0 Å². The van der Waals surface area contributed by atoms with Crippen LogP contribution in [0, 0.1) is 0 Å². The Bertz CT molecular complexity index is 1980. The van der Waals surface area contributed by atoms with Crippen LogP contribution in [0.3, 0.4) is 0 Å². The smallest absolute Gasteiger partial charge is 0.198 e. The molecular formula is C36H23N5.